The number of nitrogens with zero attached hydrogens (tertiary/aromatic N) is 1. The number of nitrogens with one attached hydrogen (secondary N) is 1. The molecule has 0 spiro atoms. The van der Waals surface area contributed by atoms with Crippen LogP contribution >= 0.6 is 11.6 Å². The Morgan fingerprint density at radius 1 is 1.26 bits per heavy atom. The molecule has 0 atom stereocenters. The van der Waals surface area contributed by atoms with Crippen LogP contribution in [0.25, 0.3) is 11.1 Å². The number of ether oxygens (including phenoxy) is 1. The standard InChI is InChI=1S/C16H13ClN2O4/c1-19-12-5-3-9(7-14(12)23-16(19)21)15(20)18-11-8-10(17)4-6-13(11)22-2/h3-8H,1-2H3,(H,18,20). The summed E-state index contributed by atoms with van der Waals surface area (Å²) in [6, 6.07) is 9.72. The summed E-state index contributed by atoms with van der Waals surface area (Å²) < 4.78 is 11.6. The summed E-state index contributed by atoms with van der Waals surface area (Å²) in [4.78, 5) is 23.9. The molecule has 0 aliphatic heterocycles. The van der Waals surface area contributed by atoms with Gasteiger partial charge >= 0.3 is 5.76 Å². The maximum Gasteiger partial charge on any atom is 0.419 e. The minimum Gasteiger partial charge on any atom is -0.495 e. The molecule has 0 aliphatic rings. The van der Waals surface area contributed by atoms with Gasteiger partial charge in [-0.15, -0.1) is 0 Å². The van der Waals surface area contributed by atoms with Gasteiger partial charge in [-0.1, -0.05) is 11.6 Å². The van der Waals surface area contributed by atoms with E-state index < -0.39 is 5.76 Å². The molecule has 3 aromatic rings. The number of halogens is 1. The number of oxazole rings is 1. The van der Waals surface area contributed by atoms with Crippen LogP contribution in [0.1, 0.15) is 10.4 Å². The van der Waals surface area contributed by atoms with Crippen molar-refractivity contribution in [3.63, 3.8) is 0 Å². The number of benzene rings is 2. The number of amides is 1. The fourth-order valence-electron chi connectivity index (χ4n) is 2.25. The molecule has 0 unspecified atom stereocenters. The third kappa shape index (κ3) is 2.80. The van der Waals surface area contributed by atoms with Gasteiger partial charge in [0, 0.05) is 17.6 Å². The first-order valence-electron chi connectivity index (χ1n) is 6.74. The van der Waals surface area contributed by atoms with Gasteiger partial charge in [0.1, 0.15) is 5.75 Å². The second-order valence-electron chi connectivity index (χ2n) is 4.91. The Morgan fingerprint density at radius 3 is 2.78 bits per heavy atom. The fourth-order valence-corrected chi connectivity index (χ4v) is 2.42. The van der Waals surface area contributed by atoms with Crippen molar-refractivity contribution < 1.29 is 13.9 Å². The normalized spacial score (nSPS) is 10.7. The Bertz CT molecular complexity index is 958. The number of methoxy groups -OCH3 is 1. The molecule has 0 bridgehead atoms. The highest BCUT2D eigenvalue weighted by molar-refractivity contribution is 6.31. The molecule has 2 aromatic carbocycles. The highest BCUT2D eigenvalue weighted by Gasteiger charge is 2.13. The zero-order valence-electron chi connectivity index (χ0n) is 12.4. The molecule has 23 heavy (non-hydrogen) atoms. The third-order valence-corrected chi connectivity index (χ3v) is 3.70. The summed E-state index contributed by atoms with van der Waals surface area (Å²) in [5.74, 6) is -0.344. The van der Waals surface area contributed by atoms with Crippen molar-refractivity contribution in [3.05, 3.63) is 57.5 Å². The van der Waals surface area contributed by atoms with Crippen LogP contribution in [0.2, 0.25) is 5.02 Å². The third-order valence-electron chi connectivity index (χ3n) is 3.46. The topological polar surface area (TPSA) is 73.5 Å². The second kappa shape index (κ2) is 5.81. The number of aryl methyl sites for hydroxylation is 1. The number of carbonyl (C=O) groups is 1. The molecule has 6 nitrogen and oxygen atoms in total. The van der Waals surface area contributed by atoms with Crippen LogP contribution in [0.4, 0.5) is 5.69 Å². The van der Waals surface area contributed by atoms with Gasteiger partial charge < -0.3 is 14.5 Å². The predicted molar refractivity (Wildman–Crippen MR) is 87.4 cm³/mol. The van der Waals surface area contributed by atoms with E-state index in [1.54, 1.807) is 37.4 Å². The molecule has 0 saturated carbocycles. The van der Waals surface area contributed by atoms with E-state index in [1.165, 1.54) is 17.7 Å². The molecule has 1 amide bonds. The Morgan fingerprint density at radius 2 is 2.04 bits per heavy atom. The van der Waals surface area contributed by atoms with Crippen LogP contribution in [0.15, 0.2) is 45.6 Å². The highest BCUT2D eigenvalue weighted by atomic mass is 35.5. The molecule has 7 heteroatoms. The van der Waals surface area contributed by atoms with E-state index in [0.29, 0.717) is 33.1 Å². The van der Waals surface area contributed by atoms with Crippen LogP contribution in [0.5, 0.6) is 5.75 Å². The number of hydrogen-bond donors (Lipinski definition) is 1. The maximum atomic E-state index is 12.4. The SMILES string of the molecule is COc1ccc(Cl)cc1NC(=O)c1ccc2c(c1)oc(=O)n2C. The smallest absolute Gasteiger partial charge is 0.419 e. The van der Waals surface area contributed by atoms with Gasteiger partial charge in [0.2, 0.25) is 0 Å². The van der Waals surface area contributed by atoms with Crippen LogP contribution < -0.4 is 15.8 Å². The van der Waals surface area contributed by atoms with E-state index in [9.17, 15) is 9.59 Å². The van der Waals surface area contributed by atoms with Gasteiger partial charge in [-0.2, -0.15) is 0 Å². The molecular weight excluding hydrogens is 320 g/mol. The summed E-state index contributed by atoms with van der Waals surface area (Å²) >= 11 is 5.94. The molecular formula is C16H13ClN2O4. The minimum absolute atomic E-state index is 0.350. The molecule has 1 heterocycles. The van der Waals surface area contributed by atoms with Crippen molar-refractivity contribution in [1.29, 1.82) is 0 Å². The van der Waals surface area contributed by atoms with E-state index in [4.69, 9.17) is 20.8 Å². The summed E-state index contributed by atoms with van der Waals surface area (Å²) in [7, 11) is 3.11. The van der Waals surface area contributed by atoms with Crippen molar-refractivity contribution in [2.24, 2.45) is 7.05 Å². The second-order valence-corrected chi connectivity index (χ2v) is 5.34. The van der Waals surface area contributed by atoms with E-state index >= 15 is 0 Å². The van der Waals surface area contributed by atoms with E-state index in [1.807, 2.05) is 0 Å². The average Bonchev–Trinajstić information content (AvgIpc) is 2.82. The molecule has 0 aliphatic carbocycles. The Hall–Kier alpha value is -2.73. The lowest BCUT2D eigenvalue weighted by Gasteiger charge is -2.10. The molecule has 118 valence electrons. The zero-order valence-corrected chi connectivity index (χ0v) is 13.2. The first-order valence-corrected chi connectivity index (χ1v) is 7.12. The summed E-state index contributed by atoms with van der Waals surface area (Å²) in [5, 5.41) is 3.21. The van der Waals surface area contributed by atoms with Crippen LogP contribution in [-0.2, 0) is 7.05 Å². The number of anilines is 1. The Labute approximate surface area is 136 Å². The molecule has 0 radical (unpaired) electrons. The van der Waals surface area contributed by atoms with Gasteiger partial charge in [0.05, 0.1) is 18.3 Å². The van der Waals surface area contributed by atoms with Gasteiger partial charge in [0.15, 0.2) is 5.58 Å². The predicted octanol–water partition coefficient (Wildman–Crippen LogP) is 3.05. The van der Waals surface area contributed by atoms with Crippen molar-refractivity contribution >= 4 is 34.3 Å². The lowest BCUT2D eigenvalue weighted by Crippen LogP contribution is -2.12. The molecule has 1 N–H and O–H groups in total. The van der Waals surface area contributed by atoms with Gasteiger partial charge in [-0.25, -0.2) is 4.79 Å². The first-order chi connectivity index (χ1) is 11.0. The monoisotopic (exact) mass is 332 g/mol. The van der Waals surface area contributed by atoms with Crippen LogP contribution in [0, 0.1) is 0 Å². The average molecular weight is 333 g/mol. The lowest BCUT2D eigenvalue weighted by atomic mass is 10.2. The number of hydrogen-bond acceptors (Lipinski definition) is 4. The molecule has 0 saturated heterocycles. The largest absolute Gasteiger partial charge is 0.495 e. The van der Waals surface area contributed by atoms with Gasteiger partial charge in [-0.3, -0.25) is 9.36 Å². The van der Waals surface area contributed by atoms with Gasteiger partial charge in [0.25, 0.3) is 5.91 Å². The highest BCUT2D eigenvalue weighted by Crippen LogP contribution is 2.28. The molecule has 3 rings (SSSR count). The Kier molecular flexibility index (Phi) is 3.83. The van der Waals surface area contributed by atoms with Crippen molar-refractivity contribution in [2.45, 2.75) is 0 Å². The number of aromatic nitrogens is 1. The summed E-state index contributed by atoms with van der Waals surface area (Å²) in [6.07, 6.45) is 0. The van der Waals surface area contributed by atoms with E-state index in [2.05, 4.69) is 5.32 Å². The van der Waals surface area contributed by atoms with E-state index in [0.717, 1.165) is 0 Å². The van der Waals surface area contributed by atoms with Crippen molar-refractivity contribution in [2.75, 3.05) is 12.4 Å². The fraction of sp³-hybridized carbons (Fsp3) is 0.125. The zero-order chi connectivity index (χ0) is 16.6. The summed E-state index contributed by atoms with van der Waals surface area (Å²) in [6.45, 7) is 0. The quantitative estimate of drug-likeness (QED) is 0.800. The van der Waals surface area contributed by atoms with E-state index in [-0.39, 0.29) is 5.91 Å². The van der Waals surface area contributed by atoms with Crippen molar-refractivity contribution in [3.8, 4) is 5.75 Å². The maximum absolute atomic E-state index is 12.4. The number of carbonyl (C=O) groups excluding carboxylic acids is 1. The lowest BCUT2D eigenvalue weighted by molar-refractivity contribution is 0.102. The van der Waals surface area contributed by atoms with Crippen LogP contribution in [-0.4, -0.2) is 17.6 Å². The number of fused-ring (bicyclic) bond motifs is 1. The molecule has 1 aromatic heterocycles. The van der Waals surface area contributed by atoms with Gasteiger partial charge in [-0.05, 0) is 36.4 Å². The van der Waals surface area contributed by atoms with Crippen LogP contribution in [0.3, 0.4) is 0 Å². The minimum atomic E-state index is -0.478. The Balaban J connectivity index is 1.95. The molecule has 0 fully saturated rings. The number of rotatable bonds is 3. The van der Waals surface area contributed by atoms with Crippen molar-refractivity contribution in [1.82, 2.24) is 4.57 Å². The summed E-state index contributed by atoms with van der Waals surface area (Å²) in [5.41, 5.74) is 1.78. The first kappa shape index (κ1) is 15.2.